The number of likely N-dealkylation sites (tertiary alicyclic amines) is 1. The van der Waals surface area contributed by atoms with Crippen molar-refractivity contribution in [3.8, 4) is 0 Å². The molecular formula is C14H19ClN2O3. The highest BCUT2D eigenvalue weighted by Crippen LogP contribution is 2.22. The summed E-state index contributed by atoms with van der Waals surface area (Å²) < 4.78 is 1.80. The Hall–Kier alpha value is -1.49. The van der Waals surface area contributed by atoms with Crippen LogP contribution in [-0.2, 0) is 11.3 Å². The highest BCUT2D eigenvalue weighted by Gasteiger charge is 2.33. The second kappa shape index (κ2) is 6.31. The zero-order valence-electron chi connectivity index (χ0n) is 11.5. The lowest BCUT2D eigenvalue weighted by atomic mass is 10.0. The molecule has 1 atom stereocenters. The molecule has 0 aromatic carbocycles. The van der Waals surface area contributed by atoms with E-state index in [0.717, 1.165) is 19.3 Å². The largest absolute Gasteiger partial charge is 0.480 e. The van der Waals surface area contributed by atoms with Gasteiger partial charge in [-0.3, -0.25) is 4.79 Å². The van der Waals surface area contributed by atoms with Crippen LogP contribution in [0.5, 0.6) is 0 Å². The minimum atomic E-state index is -0.933. The molecule has 0 bridgehead atoms. The Morgan fingerprint density at radius 2 is 2.20 bits per heavy atom. The molecule has 5 nitrogen and oxygen atoms in total. The number of carbonyl (C=O) groups excluding carboxylic acids is 1. The predicted octanol–water partition coefficient (Wildman–Crippen LogP) is 2.63. The number of aliphatic carboxylic acids is 1. The molecule has 0 spiro atoms. The lowest BCUT2D eigenvalue weighted by molar-refractivity contribution is -0.143. The van der Waals surface area contributed by atoms with Crippen molar-refractivity contribution in [2.45, 2.75) is 45.2 Å². The van der Waals surface area contributed by atoms with Crippen LogP contribution in [0, 0.1) is 0 Å². The summed E-state index contributed by atoms with van der Waals surface area (Å²) in [5.41, 5.74) is 0.477. The van der Waals surface area contributed by atoms with Gasteiger partial charge in [0.1, 0.15) is 11.7 Å². The Bertz CT molecular complexity index is 513. The van der Waals surface area contributed by atoms with Gasteiger partial charge in [-0.25, -0.2) is 4.79 Å². The number of carboxylic acid groups (broad SMARTS) is 1. The number of rotatable bonds is 4. The molecule has 1 N–H and O–H groups in total. The van der Waals surface area contributed by atoms with Crippen LogP contribution in [-0.4, -0.2) is 39.0 Å². The normalized spacial score (nSPS) is 19.1. The van der Waals surface area contributed by atoms with Crippen LogP contribution in [0.25, 0.3) is 0 Å². The second-order valence-corrected chi connectivity index (χ2v) is 5.52. The van der Waals surface area contributed by atoms with Gasteiger partial charge in [-0.1, -0.05) is 18.5 Å². The third kappa shape index (κ3) is 2.98. The summed E-state index contributed by atoms with van der Waals surface area (Å²) in [7, 11) is 0. The summed E-state index contributed by atoms with van der Waals surface area (Å²) in [6, 6.07) is 0.896. The van der Waals surface area contributed by atoms with Crippen LogP contribution in [0.3, 0.4) is 0 Å². The van der Waals surface area contributed by atoms with Gasteiger partial charge >= 0.3 is 5.97 Å². The first-order chi connectivity index (χ1) is 9.54. The van der Waals surface area contributed by atoms with Crippen molar-refractivity contribution in [3.05, 3.63) is 23.0 Å². The summed E-state index contributed by atoms with van der Waals surface area (Å²) in [5, 5.41) is 9.76. The topological polar surface area (TPSA) is 62.5 Å². The van der Waals surface area contributed by atoms with Gasteiger partial charge in [0.15, 0.2) is 0 Å². The molecule has 20 heavy (non-hydrogen) atoms. The van der Waals surface area contributed by atoms with Gasteiger partial charge in [0.2, 0.25) is 0 Å². The molecule has 1 aliphatic rings. The lowest BCUT2D eigenvalue weighted by Crippen LogP contribution is -2.48. The second-order valence-electron chi connectivity index (χ2n) is 5.09. The van der Waals surface area contributed by atoms with Crippen molar-refractivity contribution in [2.24, 2.45) is 0 Å². The van der Waals surface area contributed by atoms with E-state index in [1.54, 1.807) is 16.8 Å². The van der Waals surface area contributed by atoms with Crippen molar-refractivity contribution >= 4 is 23.5 Å². The maximum atomic E-state index is 12.6. The molecule has 0 radical (unpaired) electrons. The highest BCUT2D eigenvalue weighted by molar-refractivity contribution is 6.31. The molecule has 1 aliphatic heterocycles. The number of hydrogen-bond acceptors (Lipinski definition) is 2. The maximum Gasteiger partial charge on any atom is 0.326 e. The van der Waals surface area contributed by atoms with Gasteiger partial charge in [-0.15, -0.1) is 0 Å². The molecule has 2 rings (SSSR count). The molecule has 1 aromatic rings. The third-order valence-corrected chi connectivity index (χ3v) is 3.80. The van der Waals surface area contributed by atoms with Crippen LogP contribution >= 0.6 is 11.6 Å². The first-order valence-electron chi connectivity index (χ1n) is 6.94. The number of nitrogens with zero attached hydrogens (tertiary/aromatic N) is 2. The van der Waals surface area contributed by atoms with E-state index in [1.807, 2.05) is 6.92 Å². The predicted molar refractivity (Wildman–Crippen MR) is 76.0 cm³/mol. The molecule has 0 aliphatic carbocycles. The molecule has 110 valence electrons. The summed E-state index contributed by atoms with van der Waals surface area (Å²) in [5.74, 6) is -1.17. The number of carboxylic acids is 1. The van der Waals surface area contributed by atoms with Crippen molar-refractivity contribution in [3.63, 3.8) is 0 Å². The number of carbonyl (C=O) groups is 2. The number of piperidine rings is 1. The quantitative estimate of drug-likeness (QED) is 0.929. The number of aryl methyl sites for hydroxylation is 1. The Morgan fingerprint density at radius 1 is 1.45 bits per heavy atom. The first kappa shape index (κ1) is 14.9. The lowest BCUT2D eigenvalue weighted by Gasteiger charge is -2.33. The zero-order valence-corrected chi connectivity index (χ0v) is 12.3. The van der Waals surface area contributed by atoms with E-state index >= 15 is 0 Å². The van der Waals surface area contributed by atoms with Crippen LogP contribution in [0.2, 0.25) is 5.02 Å². The SMILES string of the molecule is CCCn1cc(Cl)cc1C(=O)N1CCCCC1C(=O)O. The van der Waals surface area contributed by atoms with Gasteiger partial charge in [0.05, 0.1) is 5.02 Å². The van der Waals surface area contributed by atoms with Gasteiger partial charge < -0.3 is 14.6 Å². The van der Waals surface area contributed by atoms with Crippen molar-refractivity contribution in [1.29, 1.82) is 0 Å². The molecule has 1 unspecified atom stereocenters. The minimum absolute atomic E-state index is 0.238. The van der Waals surface area contributed by atoms with E-state index in [-0.39, 0.29) is 5.91 Å². The Kier molecular flexibility index (Phi) is 4.70. The number of halogens is 1. The zero-order chi connectivity index (χ0) is 14.7. The minimum Gasteiger partial charge on any atom is -0.480 e. The van der Waals surface area contributed by atoms with Gasteiger partial charge in [0, 0.05) is 19.3 Å². The summed E-state index contributed by atoms with van der Waals surface area (Å²) >= 11 is 5.98. The van der Waals surface area contributed by atoms with E-state index in [1.165, 1.54) is 4.90 Å². The van der Waals surface area contributed by atoms with Gasteiger partial charge in [0.25, 0.3) is 5.91 Å². The van der Waals surface area contributed by atoms with E-state index in [4.69, 9.17) is 11.6 Å². The average Bonchev–Trinajstić information content (AvgIpc) is 2.79. The molecule has 1 aromatic heterocycles. The van der Waals surface area contributed by atoms with Gasteiger partial charge in [-0.05, 0) is 31.7 Å². The van der Waals surface area contributed by atoms with Crippen LogP contribution in [0.1, 0.15) is 43.1 Å². The number of aromatic nitrogens is 1. The number of amides is 1. The maximum absolute atomic E-state index is 12.6. The smallest absolute Gasteiger partial charge is 0.326 e. The third-order valence-electron chi connectivity index (χ3n) is 3.60. The average molecular weight is 299 g/mol. The first-order valence-corrected chi connectivity index (χ1v) is 7.31. The highest BCUT2D eigenvalue weighted by atomic mass is 35.5. The Morgan fingerprint density at radius 3 is 2.85 bits per heavy atom. The van der Waals surface area contributed by atoms with Crippen LogP contribution in [0.15, 0.2) is 12.3 Å². The number of hydrogen-bond donors (Lipinski definition) is 1. The summed E-state index contributed by atoms with van der Waals surface area (Å²) in [4.78, 5) is 25.4. The summed E-state index contributed by atoms with van der Waals surface area (Å²) in [6.45, 7) is 3.20. The van der Waals surface area contributed by atoms with Crippen molar-refractivity contribution in [2.75, 3.05) is 6.54 Å². The molecular weight excluding hydrogens is 280 g/mol. The van der Waals surface area contributed by atoms with Crippen molar-refractivity contribution < 1.29 is 14.7 Å². The molecule has 2 heterocycles. The van der Waals surface area contributed by atoms with Crippen LogP contribution in [0.4, 0.5) is 0 Å². The molecule has 6 heteroatoms. The van der Waals surface area contributed by atoms with E-state index in [0.29, 0.717) is 30.2 Å². The fraction of sp³-hybridized carbons (Fsp3) is 0.571. The standard InChI is InChI=1S/C14H19ClN2O3/c1-2-6-16-9-10(15)8-12(16)13(18)17-7-4-3-5-11(17)14(19)20/h8-9,11H,2-7H2,1H3,(H,19,20). The van der Waals surface area contributed by atoms with E-state index in [9.17, 15) is 14.7 Å². The van der Waals surface area contributed by atoms with E-state index in [2.05, 4.69) is 0 Å². The Labute approximate surface area is 123 Å². The monoisotopic (exact) mass is 298 g/mol. The Balaban J connectivity index is 2.27. The molecule has 1 saturated heterocycles. The van der Waals surface area contributed by atoms with E-state index < -0.39 is 12.0 Å². The summed E-state index contributed by atoms with van der Waals surface area (Å²) in [6.07, 6.45) is 4.81. The van der Waals surface area contributed by atoms with Crippen molar-refractivity contribution in [1.82, 2.24) is 9.47 Å². The fourth-order valence-electron chi connectivity index (χ4n) is 2.66. The fourth-order valence-corrected chi connectivity index (χ4v) is 2.88. The van der Waals surface area contributed by atoms with Crippen LogP contribution < -0.4 is 0 Å². The molecule has 1 fully saturated rings. The molecule has 1 amide bonds. The van der Waals surface area contributed by atoms with Gasteiger partial charge in [-0.2, -0.15) is 0 Å². The molecule has 0 saturated carbocycles.